The maximum atomic E-state index is 8.95. The molecular formula is C14H18N2S. The molecule has 1 aliphatic carbocycles. The summed E-state index contributed by atoms with van der Waals surface area (Å²) in [7, 11) is 0. The van der Waals surface area contributed by atoms with Crippen molar-refractivity contribution in [3.63, 3.8) is 0 Å². The van der Waals surface area contributed by atoms with Crippen LogP contribution in [0.4, 0.5) is 5.69 Å². The average Bonchev–Trinajstić information content (AvgIpc) is 2.32. The third kappa shape index (κ3) is 3.17. The van der Waals surface area contributed by atoms with Crippen LogP contribution in [0.3, 0.4) is 0 Å². The number of benzene rings is 1. The molecule has 1 saturated carbocycles. The summed E-state index contributed by atoms with van der Waals surface area (Å²) < 4.78 is 0. The molecule has 0 spiro atoms. The highest BCUT2D eigenvalue weighted by Crippen LogP contribution is 2.36. The Balaban J connectivity index is 2.06. The van der Waals surface area contributed by atoms with Crippen LogP contribution in [0.2, 0.25) is 0 Å². The van der Waals surface area contributed by atoms with Crippen LogP contribution >= 0.6 is 11.8 Å². The Morgan fingerprint density at radius 2 is 2.24 bits per heavy atom. The van der Waals surface area contributed by atoms with Gasteiger partial charge in [0.15, 0.2) is 0 Å². The second kappa shape index (κ2) is 5.46. The molecule has 2 nitrogen and oxygen atoms in total. The first-order chi connectivity index (χ1) is 8.19. The van der Waals surface area contributed by atoms with Crippen molar-refractivity contribution in [1.29, 1.82) is 5.26 Å². The molecule has 2 N–H and O–H groups in total. The topological polar surface area (TPSA) is 49.8 Å². The van der Waals surface area contributed by atoms with E-state index in [0.717, 1.165) is 5.92 Å². The fraction of sp³-hybridized carbons (Fsp3) is 0.500. The second-order valence-electron chi connectivity index (χ2n) is 4.87. The fourth-order valence-corrected chi connectivity index (χ4v) is 3.81. The van der Waals surface area contributed by atoms with E-state index in [0.29, 0.717) is 16.5 Å². The van der Waals surface area contributed by atoms with E-state index in [2.05, 4.69) is 13.0 Å². The van der Waals surface area contributed by atoms with Gasteiger partial charge in [0, 0.05) is 15.8 Å². The predicted octanol–water partition coefficient (Wildman–Crippen LogP) is 3.81. The summed E-state index contributed by atoms with van der Waals surface area (Å²) in [5, 5.41) is 9.65. The van der Waals surface area contributed by atoms with Crippen molar-refractivity contribution in [2.24, 2.45) is 5.92 Å². The number of nitrogens with zero attached hydrogens (tertiary/aromatic N) is 1. The van der Waals surface area contributed by atoms with E-state index in [9.17, 15) is 0 Å². The summed E-state index contributed by atoms with van der Waals surface area (Å²) in [6, 6.07) is 7.93. The lowest BCUT2D eigenvalue weighted by Gasteiger charge is -2.26. The quantitative estimate of drug-likeness (QED) is 0.807. The molecule has 0 saturated heterocycles. The van der Waals surface area contributed by atoms with Crippen LogP contribution in [0.15, 0.2) is 23.1 Å². The third-order valence-electron chi connectivity index (χ3n) is 3.34. The van der Waals surface area contributed by atoms with Gasteiger partial charge in [-0.05, 0) is 37.0 Å². The van der Waals surface area contributed by atoms with Gasteiger partial charge in [-0.2, -0.15) is 5.26 Å². The van der Waals surface area contributed by atoms with E-state index in [1.807, 2.05) is 30.0 Å². The van der Waals surface area contributed by atoms with Crippen molar-refractivity contribution in [2.45, 2.75) is 42.8 Å². The van der Waals surface area contributed by atoms with E-state index in [1.165, 1.54) is 30.6 Å². The molecule has 0 amide bonds. The Morgan fingerprint density at radius 3 is 2.94 bits per heavy atom. The van der Waals surface area contributed by atoms with Gasteiger partial charge < -0.3 is 5.73 Å². The zero-order chi connectivity index (χ0) is 12.3. The molecule has 2 unspecified atom stereocenters. The minimum absolute atomic E-state index is 0.578. The molecule has 0 heterocycles. The highest BCUT2D eigenvalue weighted by molar-refractivity contribution is 8.00. The third-order valence-corrected chi connectivity index (χ3v) is 4.62. The van der Waals surface area contributed by atoms with Crippen LogP contribution < -0.4 is 5.73 Å². The predicted molar refractivity (Wildman–Crippen MR) is 72.8 cm³/mol. The van der Waals surface area contributed by atoms with Crippen molar-refractivity contribution < 1.29 is 0 Å². The molecule has 1 aromatic carbocycles. The minimum atomic E-state index is 0.578. The average molecular weight is 246 g/mol. The Labute approximate surface area is 107 Å². The van der Waals surface area contributed by atoms with Crippen LogP contribution in [-0.4, -0.2) is 5.25 Å². The smallest absolute Gasteiger partial charge is 0.101 e. The van der Waals surface area contributed by atoms with E-state index >= 15 is 0 Å². The highest BCUT2D eigenvalue weighted by Gasteiger charge is 2.19. The monoisotopic (exact) mass is 246 g/mol. The van der Waals surface area contributed by atoms with Gasteiger partial charge in [0.2, 0.25) is 0 Å². The normalized spacial score (nSPS) is 24.2. The van der Waals surface area contributed by atoms with Crippen molar-refractivity contribution in [3.8, 4) is 6.07 Å². The fourth-order valence-electron chi connectivity index (χ4n) is 2.38. The number of hydrogen-bond acceptors (Lipinski definition) is 3. The van der Waals surface area contributed by atoms with Crippen LogP contribution in [0.5, 0.6) is 0 Å². The molecule has 1 aromatic rings. The largest absolute Gasteiger partial charge is 0.398 e. The van der Waals surface area contributed by atoms with Crippen molar-refractivity contribution >= 4 is 17.4 Å². The minimum Gasteiger partial charge on any atom is -0.398 e. The van der Waals surface area contributed by atoms with Gasteiger partial charge in [-0.1, -0.05) is 19.8 Å². The zero-order valence-corrected chi connectivity index (χ0v) is 11.0. The highest BCUT2D eigenvalue weighted by atomic mass is 32.2. The van der Waals surface area contributed by atoms with Crippen molar-refractivity contribution in [1.82, 2.24) is 0 Å². The van der Waals surface area contributed by atoms with Gasteiger partial charge in [-0.25, -0.2) is 0 Å². The lowest BCUT2D eigenvalue weighted by molar-refractivity contribution is 0.394. The molecule has 2 rings (SSSR count). The van der Waals surface area contributed by atoms with Gasteiger partial charge in [0.25, 0.3) is 0 Å². The number of anilines is 1. The SMILES string of the molecule is CC1CCCC(Sc2ccc(N)c(C#N)c2)C1. The molecular weight excluding hydrogens is 228 g/mol. The van der Waals surface area contributed by atoms with Gasteiger partial charge >= 0.3 is 0 Å². The van der Waals surface area contributed by atoms with Gasteiger partial charge in [0.1, 0.15) is 6.07 Å². The van der Waals surface area contributed by atoms with E-state index < -0.39 is 0 Å². The number of hydrogen-bond donors (Lipinski definition) is 1. The van der Waals surface area contributed by atoms with Crippen molar-refractivity contribution in [3.05, 3.63) is 23.8 Å². The molecule has 0 radical (unpaired) electrons. The maximum absolute atomic E-state index is 8.95. The Kier molecular flexibility index (Phi) is 3.96. The Morgan fingerprint density at radius 1 is 1.41 bits per heavy atom. The zero-order valence-electron chi connectivity index (χ0n) is 10.1. The number of nitrogen functional groups attached to an aromatic ring is 1. The molecule has 0 aromatic heterocycles. The molecule has 0 aliphatic heterocycles. The van der Waals surface area contributed by atoms with E-state index in [4.69, 9.17) is 11.0 Å². The van der Waals surface area contributed by atoms with Gasteiger partial charge in [-0.3, -0.25) is 0 Å². The van der Waals surface area contributed by atoms with E-state index in [1.54, 1.807) is 0 Å². The van der Waals surface area contributed by atoms with Crippen LogP contribution in [0, 0.1) is 17.2 Å². The van der Waals surface area contributed by atoms with Crippen LogP contribution in [0.25, 0.3) is 0 Å². The first-order valence-electron chi connectivity index (χ1n) is 6.15. The van der Waals surface area contributed by atoms with Gasteiger partial charge in [0.05, 0.1) is 5.56 Å². The number of rotatable bonds is 2. The Hall–Kier alpha value is -1.14. The first-order valence-corrected chi connectivity index (χ1v) is 7.03. The summed E-state index contributed by atoms with van der Waals surface area (Å²) >= 11 is 1.90. The summed E-state index contributed by atoms with van der Waals surface area (Å²) in [5.74, 6) is 0.838. The summed E-state index contributed by atoms with van der Waals surface area (Å²) in [6.45, 7) is 2.33. The molecule has 2 atom stereocenters. The Bertz CT molecular complexity index is 436. The summed E-state index contributed by atoms with van der Waals surface area (Å²) in [6.07, 6.45) is 5.28. The molecule has 17 heavy (non-hydrogen) atoms. The van der Waals surface area contributed by atoms with E-state index in [-0.39, 0.29) is 0 Å². The summed E-state index contributed by atoms with van der Waals surface area (Å²) in [4.78, 5) is 1.18. The number of nitriles is 1. The number of nitrogens with two attached hydrogens (primary N) is 1. The lowest BCUT2D eigenvalue weighted by atomic mass is 9.91. The van der Waals surface area contributed by atoms with Gasteiger partial charge in [-0.15, -0.1) is 11.8 Å². The first kappa shape index (κ1) is 12.3. The molecule has 0 bridgehead atoms. The van der Waals surface area contributed by atoms with Crippen molar-refractivity contribution in [2.75, 3.05) is 5.73 Å². The second-order valence-corrected chi connectivity index (χ2v) is 6.25. The lowest BCUT2D eigenvalue weighted by Crippen LogP contribution is -2.14. The van der Waals surface area contributed by atoms with Crippen LogP contribution in [0.1, 0.15) is 38.2 Å². The molecule has 90 valence electrons. The number of thioether (sulfide) groups is 1. The maximum Gasteiger partial charge on any atom is 0.101 e. The molecule has 3 heteroatoms. The molecule has 1 fully saturated rings. The standard InChI is InChI=1S/C14H18N2S/c1-10-3-2-4-12(7-10)17-13-5-6-14(16)11(8-13)9-15/h5-6,8,10,12H,2-4,7,16H2,1H3. The van der Waals surface area contributed by atoms with Crippen LogP contribution in [-0.2, 0) is 0 Å². The molecule has 1 aliphatic rings. The summed E-state index contributed by atoms with van der Waals surface area (Å²) in [5.41, 5.74) is 6.90.